The number of nitrogens with zero attached hydrogens (tertiary/aromatic N) is 7. The summed E-state index contributed by atoms with van der Waals surface area (Å²) in [5.74, 6) is 2.07. The van der Waals surface area contributed by atoms with Crippen LogP contribution in [0.25, 0.3) is 16.0 Å². The number of thiophene rings is 1. The highest BCUT2D eigenvalue weighted by Gasteiger charge is 2.28. The topological polar surface area (TPSA) is 130 Å². The normalized spacial score (nSPS) is 15.0. The fraction of sp³-hybridized carbons (Fsp3) is 0.308. The van der Waals surface area contributed by atoms with Gasteiger partial charge in [-0.25, -0.2) is 19.0 Å². The van der Waals surface area contributed by atoms with Gasteiger partial charge in [-0.15, -0.1) is 11.3 Å². The number of halogens is 1. The number of carbonyl (C=O) groups is 1. The quantitative estimate of drug-likeness (QED) is 0.276. The van der Waals surface area contributed by atoms with E-state index in [1.807, 2.05) is 37.4 Å². The van der Waals surface area contributed by atoms with Crippen molar-refractivity contribution in [3.05, 3.63) is 65.3 Å². The van der Waals surface area contributed by atoms with Crippen LogP contribution in [0.5, 0.6) is 0 Å². The van der Waals surface area contributed by atoms with Crippen molar-refractivity contribution in [1.82, 2.24) is 40.2 Å². The van der Waals surface area contributed by atoms with Gasteiger partial charge >= 0.3 is 0 Å². The van der Waals surface area contributed by atoms with Crippen LogP contribution < -0.4 is 15.5 Å². The van der Waals surface area contributed by atoms with Crippen LogP contribution in [-0.2, 0) is 4.79 Å². The highest BCUT2D eigenvalue weighted by molar-refractivity contribution is 7.16. The Hall–Kier alpha value is -4.39. The lowest BCUT2D eigenvalue weighted by molar-refractivity contribution is -0.126. The van der Waals surface area contributed by atoms with Crippen LogP contribution in [0.1, 0.15) is 37.1 Å². The molecule has 1 aliphatic heterocycles. The Morgan fingerprint density at radius 2 is 2.05 bits per heavy atom. The van der Waals surface area contributed by atoms with Crippen LogP contribution in [0.4, 0.5) is 22.0 Å². The van der Waals surface area contributed by atoms with Crippen LogP contribution in [0.2, 0.25) is 0 Å². The number of pyridine rings is 1. The number of fused-ring (bicyclic) bond motifs is 1. The lowest BCUT2D eigenvalue weighted by Gasteiger charge is -2.32. The number of hydrogen-bond donors (Lipinski definition) is 3. The van der Waals surface area contributed by atoms with Crippen molar-refractivity contribution in [2.75, 3.05) is 23.3 Å². The van der Waals surface area contributed by atoms with E-state index in [-0.39, 0.29) is 17.9 Å². The van der Waals surface area contributed by atoms with Gasteiger partial charge in [-0.1, -0.05) is 6.07 Å². The Balaban J connectivity index is 1.08. The van der Waals surface area contributed by atoms with Crippen molar-refractivity contribution in [2.24, 2.45) is 5.92 Å². The Bertz CT molecular complexity index is 1600. The molecule has 0 aromatic carbocycles. The summed E-state index contributed by atoms with van der Waals surface area (Å²) in [7, 11) is 0. The minimum atomic E-state index is -0.424. The van der Waals surface area contributed by atoms with Gasteiger partial charge in [0, 0.05) is 37.0 Å². The summed E-state index contributed by atoms with van der Waals surface area (Å²) in [5, 5.41) is 20.5. The largest absolute Gasteiger partial charge is 0.349 e. The fourth-order valence-electron chi connectivity index (χ4n) is 4.66. The number of hydrogen-bond acceptors (Lipinski definition) is 9. The summed E-state index contributed by atoms with van der Waals surface area (Å²) in [6, 6.07) is 7.34. The molecule has 0 bridgehead atoms. The third-order valence-corrected chi connectivity index (χ3v) is 7.64. The predicted octanol–water partition coefficient (Wildman–Crippen LogP) is 4.28. The molecule has 1 saturated heterocycles. The second-order valence-electron chi connectivity index (χ2n) is 9.62. The number of nitrogens with one attached hydrogen (secondary N) is 3. The lowest BCUT2D eigenvalue weighted by Crippen LogP contribution is -2.41. The first-order valence-corrected chi connectivity index (χ1v) is 13.6. The molecule has 0 spiro atoms. The first-order valence-electron chi connectivity index (χ1n) is 12.7. The fourth-order valence-corrected chi connectivity index (χ4v) is 5.41. The summed E-state index contributed by atoms with van der Waals surface area (Å²) < 4.78 is 14.6. The SMILES string of the molecule is Cc1cc(Nc2nc(N3CCC(C(=O)N[C@@H](C)c4ccc(-n5cc(F)cn5)nc4)CC3)nc3sccc23)n[nH]1. The standard InChI is InChI=1S/C26H27FN10OS/c1-15-11-21(35-34-15)31-23-20-7-10-39-25(20)33-26(32-23)36-8-5-17(6-9-36)24(38)30-16(2)18-3-4-22(28-12-18)37-14-19(27)13-29-37/h3-4,7,10-14,16-17H,5-6,8-9H2,1-2H3,(H,30,38)(H2,31,32,33,34,35)/t16-/m0/s1. The molecular formula is C26H27FN10OS. The highest BCUT2D eigenvalue weighted by atomic mass is 32.1. The van der Waals surface area contributed by atoms with Crippen LogP contribution >= 0.6 is 11.3 Å². The van der Waals surface area contributed by atoms with Gasteiger partial charge in [0.25, 0.3) is 0 Å². The zero-order valence-electron chi connectivity index (χ0n) is 21.4. The predicted molar refractivity (Wildman–Crippen MR) is 147 cm³/mol. The van der Waals surface area contributed by atoms with E-state index in [1.165, 1.54) is 10.9 Å². The molecule has 6 rings (SSSR count). The second kappa shape index (κ2) is 10.4. The number of aromatic nitrogens is 7. The zero-order valence-corrected chi connectivity index (χ0v) is 22.2. The molecular weight excluding hydrogens is 519 g/mol. The molecule has 1 fully saturated rings. The molecule has 5 aromatic heterocycles. The van der Waals surface area contributed by atoms with Gasteiger partial charge in [0.1, 0.15) is 10.6 Å². The van der Waals surface area contributed by atoms with E-state index in [0.717, 1.165) is 27.7 Å². The van der Waals surface area contributed by atoms with Gasteiger partial charge in [-0.05, 0) is 49.8 Å². The van der Waals surface area contributed by atoms with Gasteiger partial charge in [0.05, 0.1) is 23.8 Å². The highest BCUT2D eigenvalue weighted by Crippen LogP contribution is 2.31. The van der Waals surface area contributed by atoms with E-state index < -0.39 is 5.82 Å². The number of amides is 1. The monoisotopic (exact) mass is 546 g/mol. The van der Waals surface area contributed by atoms with Gasteiger partial charge in [0.15, 0.2) is 17.5 Å². The third-order valence-electron chi connectivity index (χ3n) is 6.83. The number of rotatable bonds is 7. The second-order valence-corrected chi connectivity index (χ2v) is 10.5. The molecule has 1 aliphatic rings. The van der Waals surface area contributed by atoms with E-state index in [1.54, 1.807) is 23.6 Å². The van der Waals surface area contributed by atoms with Crippen molar-refractivity contribution in [2.45, 2.75) is 32.7 Å². The molecule has 5 aromatic rings. The summed E-state index contributed by atoms with van der Waals surface area (Å²) >= 11 is 1.57. The first kappa shape index (κ1) is 24.9. The molecule has 3 N–H and O–H groups in total. The first-order chi connectivity index (χ1) is 18.9. The Morgan fingerprint density at radius 3 is 2.74 bits per heavy atom. The van der Waals surface area contributed by atoms with Crippen LogP contribution in [0, 0.1) is 18.7 Å². The minimum absolute atomic E-state index is 0.0197. The molecule has 13 heteroatoms. The van der Waals surface area contributed by atoms with E-state index >= 15 is 0 Å². The van der Waals surface area contributed by atoms with E-state index in [0.29, 0.717) is 49.3 Å². The van der Waals surface area contributed by atoms with E-state index in [4.69, 9.17) is 9.97 Å². The maximum absolute atomic E-state index is 13.2. The van der Waals surface area contributed by atoms with Crippen molar-refractivity contribution < 1.29 is 9.18 Å². The number of H-pyrrole nitrogens is 1. The van der Waals surface area contributed by atoms with Gasteiger partial charge in [0.2, 0.25) is 11.9 Å². The van der Waals surface area contributed by atoms with Crippen molar-refractivity contribution >= 4 is 45.0 Å². The summed E-state index contributed by atoms with van der Waals surface area (Å²) in [6.07, 6.45) is 5.48. The van der Waals surface area contributed by atoms with E-state index in [2.05, 4.69) is 35.8 Å². The summed E-state index contributed by atoms with van der Waals surface area (Å²) in [6.45, 7) is 5.24. The van der Waals surface area contributed by atoms with Crippen molar-refractivity contribution in [3.63, 3.8) is 0 Å². The number of anilines is 3. The Kier molecular flexibility index (Phi) is 6.65. The molecule has 11 nitrogen and oxygen atoms in total. The van der Waals surface area contributed by atoms with Crippen molar-refractivity contribution in [1.29, 1.82) is 0 Å². The van der Waals surface area contributed by atoms with Crippen LogP contribution in [0.3, 0.4) is 0 Å². The minimum Gasteiger partial charge on any atom is -0.349 e. The van der Waals surface area contributed by atoms with Crippen LogP contribution in [-0.4, -0.2) is 53.9 Å². The van der Waals surface area contributed by atoms with E-state index in [9.17, 15) is 9.18 Å². The molecule has 1 amide bonds. The average Bonchev–Trinajstić information content (AvgIpc) is 3.70. The molecule has 0 saturated carbocycles. The molecule has 200 valence electrons. The lowest BCUT2D eigenvalue weighted by atomic mass is 9.95. The number of carbonyl (C=O) groups excluding carboxylic acids is 1. The number of aromatic amines is 1. The molecule has 0 unspecified atom stereocenters. The van der Waals surface area contributed by atoms with Gasteiger partial charge in [-0.3, -0.25) is 9.89 Å². The number of piperidine rings is 1. The van der Waals surface area contributed by atoms with Crippen molar-refractivity contribution in [3.8, 4) is 5.82 Å². The molecule has 0 aliphatic carbocycles. The maximum atomic E-state index is 13.2. The average molecular weight is 547 g/mol. The Morgan fingerprint density at radius 1 is 1.21 bits per heavy atom. The smallest absolute Gasteiger partial charge is 0.228 e. The van der Waals surface area contributed by atoms with Crippen LogP contribution in [0.15, 0.2) is 48.2 Å². The summed E-state index contributed by atoms with van der Waals surface area (Å²) in [4.78, 5) is 30.0. The Labute approximate surface area is 227 Å². The number of aryl methyl sites for hydroxylation is 1. The summed E-state index contributed by atoms with van der Waals surface area (Å²) in [5.41, 5.74) is 1.82. The zero-order chi connectivity index (χ0) is 26.9. The molecule has 6 heterocycles. The maximum Gasteiger partial charge on any atom is 0.228 e. The molecule has 1 atom stereocenters. The molecule has 0 radical (unpaired) electrons. The van der Waals surface area contributed by atoms with Gasteiger partial charge in [-0.2, -0.15) is 15.2 Å². The van der Waals surface area contributed by atoms with Gasteiger partial charge < -0.3 is 15.5 Å². The molecule has 39 heavy (non-hydrogen) atoms. The third kappa shape index (κ3) is 5.30.